The van der Waals surface area contributed by atoms with Crippen molar-refractivity contribution in [3.05, 3.63) is 78.6 Å². The molecule has 0 saturated carbocycles. The predicted molar refractivity (Wildman–Crippen MR) is 106 cm³/mol. The van der Waals surface area contributed by atoms with Crippen molar-refractivity contribution in [2.75, 3.05) is 0 Å². The van der Waals surface area contributed by atoms with E-state index in [2.05, 4.69) is 84.4 Å². The highest BCUT2D eigenvalue weighted by Crippen LogP contribution is 2.35. The minimum Gasteiger partial charge on any atom is -0.331 e. The SMILES string of the molecule is Cc1nc2cc(-c3cc4ccccc4c4ccccc34)ccc2n1C. The average Bonchev–Trinajstić information content (AvgIpc) is 2.94. The molecule has 4 aromatic carbocycles. The monoisotopic (exact) mass is 322 g/mol. The van der Waals surface area contributed by atoms with Gasteiger partial charge in [-0.2, -0.15) is 0 Å². The molecular formula is C23H18N2. The van der Waals surface area contributed by atoms with Crippen molar-refractivity contribution in [2.24, 2.45) is 7.05 Å². The lowest BCUT2D eigenvalue weighted by Gasteiger charge is -2.11. The number of imidazole rings is 1. The summed E-state index contributed by atoms with van der Waals surface area (Å²) in [5.74, 6) is 1.04. The molecule has 0 spiro atoms. The number of fused-ring (bicyclic) bond motifs is 4. The van der Waals surface area contributed by atoms with Crippen LogP contribution in [0.15, 0.2) is 72.8 Å². The Morgan fingerprint density at radius 1 is 0.760 bits per heavy atom. The molecule has 0 atom stereocenters. The second-order valence-corrected chi connectivity index (χ2v) is 6.61. The summed E-state index contributed by atoms with van der Waals surface area (Å²) in [6, 6.07) is 26.1. The lowest BCUT2D eigenvalue weighted by molar-refractivity contribution is 0.886. The lowest BCUT2D eigenvalue weighted by Crippen LogP contribution is -1.90. The van der Waals surface area contributed by atoms with Gasteiger partial charge in [-0.05, 0) is 57.8 Å². The summed E-state index contributed by atoms with van der Waals surface area (Å²) >= 11 is 0. The first-order chi connectivity index (χ1) is 12.2. The van der Waals surface area contributed by atoms with Crippen LogP contribution in [0.4, 0.5) is 0 Å². The third-order valence-electron chi connectivity index (χ3n) is 5.18. The number of nitrogens with zero attached hydrogens (tertiary/aromatic N) is 2. The van der Waals surface area contributed by atoms with Gasteiger partial charge in [0.1, 0.15) is 5.82 Å². The fourth-order valence-corrected chi connectivity index (χ4v) is 3.78. The topological polar surface area (TPSA) is 17.8 Å². The maximum Gasteiger partial charge on any atom is 0.106 e. The van der Waals surface area contributed by atoms with E-state index in [9.17, 15) is 0 Å². The van der Waals surface area contributed by atoms with Crippen molar-refractivity contribution in [3.63, 3.8) is 0 Å². The molecule has 25 heavy (non-hydrogen) atoms. The van der Waals surface area contributed by atoms with Crippen LogP contribution in [0, 0.1) is 6.92 Å². The van der Waals surface area contributed by atoms with Crippen LogP contribution in [0.2, 0.25) is 0 Å². The van der Waals surface area contributed by atoms with Crippen molar-refractivity contribution >= 4 is 32.6 Å². The van der Waals surface area contributed by atoms with Gasteiger partial charge in [-0.15, -0.1) is 0 Å². The highest BCUT2D eigenvalue weighted by Gasteiger charge is 2.10. The quantitative estimate of drug-likeness (QED) is 0.354. The van der Waals surface area contributed by atoms with Gasteiger partial charge in [0, 0.05) is 7.05 Å². The normalized spacial score (nSPS) is 11.6. The van der Waals surface area contributed by atoms with Crippen molar-refractivity contribution in [1.82, 2.24) is 9.55 Å². The predicted octanol–water partition coefficient (Wildman–Crippen LogP) is 5.86. The zero-order chi connectivity index (χ0) is 17.0. The van der Waals surface area contributed by atoms with E-state index in [-0.39, 0.29) is 0 Å². The Bertz CT molecular complexity index is 1260. The average molecular weight is 322 g/mol. The lowest BCUT2D eigenvalue weighted by atomic mass is 9.93. The molecule has 1 aromatic heterocycles. The van der Waals surface area contributed by atoms with Crippen LogP contribution in [0.25, 0.3) is 43.7 Å². The highest BCUT2D eigenvalue weighted by atomic mass is 15.0. The minimum atomic E-state index is 1.04. The largest absolute Gasteiger partial charge is 0.331 e. The molecule has 0 radical (unpaired) electrons. The van der Waals surface area contributed by atoms with E-state index in [1.54, 1.807) is 0 Å². The van der Waals surface area contributed by atoms with E-state index in [1.807, 2.05) is 6.92 Å². The molecule has 2 nitrogen and oxygen atoms in total. The van der Waals surface area contributed by atoms with Gasteiger partial charge in [-0.1, -0.05) is 54.6 Å². The van der Waals surface area contributed by atoms with Crippen LogP contribution >= 0.6 is 0 Å². The van der Waals surface area contributed by atoms with Gasteiger partial charge in [-0.3, -0.25) is 0 Å². The molecule has 0 N–H and O–H groups in total. The number of rotatable bonds is 1. The highest BCUT2D eigenvalue weighted by molar-refractivity contribution is 6.14. The molecule has 5 aromatic rings. The molecule has 120 valence electrons. The van der Waals surface area contributed by atoms with Crippen molar-refractivity contribution in [1.29, 1.82) is 0 Å². The van der Waals surface area contributed by atoms with Crippen LogP contribution in [-0.2, 0) is 7.05 Å². The minimum absolute atomic E-state index is 1.04. The second kappa shape index (κ2) is 5.18. The van der Waals surface area contributed by atoms with Gasteiger partial charge in [0.25, 0.3) is 0 Å². The molecule has 0 unspecified atom stereocenters. The zero-order valence-corrected chi connectivity index (χ0v) is 14.3. The zero-order valence-electron chi connectivity index (χ0n) is 14.3. The van der Waals surface area contributed by atoms with Crippen LogP contribution in [0.3, 0.4) is 0 Å². The summed E-state index contributed by atoms with van der Waals surface area (Å²) in [5.41, 5.74) is 4.70. The first-order valence-corrected chi connectivity index (χ1v) is 8.56. The Morgan fingerprint density at radius 3 is 2.32 bits per heavy atom. The third-order valence-corrected chi connectivity index (χ3v) is 5.18. The van der Waals surface area contributed by atoms with E-state index >= 15 is 0 Å². The fourth-order valence-electron chi connectivity index (χ4n) is 3.78. The first-order valence-electron chi connectivity index (χ1n) is 8.56. The number of hydrogen-bond acceptors (Lipinski definition) is 1. The fraction of sp³-hybridized carbons (Fsp3) is 0.0870. The number of benzene rings is 4. The van der Waals surface area contributed by atoms with Gasteiger partial charge in [-0.25, -0.2) is 4.98 Å². The van der Waals surface area contributed by atoms with E-state index in [1.165, 1.54) is 38.2 Å². The Hall–Kier alpha value is -3.13. The Kier molecular flexibility index (Phi) is 2.95. The molecular weight excluding hydrogens is 304 g/mol. The Labute approximate surface area is 146 Å². The molecule has 0 amide bonds. The Morgan fingerprint density at radius 2 is 1.48 bits per heavy atom. The molecule has 1 heterocycles. The van der Waals surface area contributed by atoms with E-state index in [0.29, 0.717) is 0 Å². The number of hydrogen-bond donors (Lipinski definition) is 0. The standard InChI is InChI=1S/C23H18N2/c1-15-24-22-14-17(11-12-23(22)25(15)2)21-13-16-7-3-4-8-18(16)19-9-5-6-10-20(19)21/h3-14H,1-2H3. The molecule has 5 rings (SSSR count). The summed E-state index contributed by atoms with van der Waals surface area (Å²) in [5, 5.41) is 5.16. The maximum absolute atomic E-state index is 4.70. The van der Waals surface area contributed by atoms with Crippen LogP contribution < -0.4 is 0 Å². The number of aromatic nitrogens is 2. The number of aryl methyl sites for hydroxylation is 2. The van der Waals surface area contributed by atoms with Gasteiger partial charge >= 0.3 is 0 Å². The first kappa shape index (κ1) is 14.2. The smallest absolute Gasteiger partial charge is 0.106 e. The summed E-state index contributed by atoms with van der Waals surface area (Å²) in [6.45, 7) is 2.05. The molecule has 2 heteroatoms. The summed E-state index contributed by atoms with van der Waals surface area (Å²) in [6.07, 6.45) is 0. The molecule has 0 aliphatic carbocycles. The summed E-state index contributed by atoms with van der Waals surface area (Å²) in [7, 11) is 2.07. The van der Waals surface area contributed by atoms with Gasteiger partial charge in [0.2, 0.25) is 0 Å². The molecule has 0 fully saturated rings. The van der Waals surface area contributed by atoms with Crippen molar-refractivity contribution in [3.8, 4) is 11.1 Å². The molecule has 0 bridgehead atoms. The Balaban J connectivity index is 1.87. The van der Waals surface area contributed by atoms with Gasteiger partial charge in [0.15, 0.2) is 0 Å². The van der Waals surface area contributed by atoms with Crippen LogP contribution in [0.5, 0.6) is 0 Å². The second-order valence-electron chi connectivity index (χ2n) is 6.61. The van der Waals surface area contributed by atoms with Gasteiger partial charge in [0.05, 0.1) is 11.0 Å². The third kappa shape index (κ3) is 2.07. The maximum atomic E-state index is 4.70. The van der Waals surface area contributed by atoms with E-state index in [4.69, 9.17) is 4.98 Å². The van der Waals surface area contributed by atoms with Gasteiger partial charge < -0.3 is 4.57 Å². The summed E-state index contributed by atoms with van der Waals surface area (Å²) in [4.78, 5) is 4.70. The van der Waals surface area contributed by atoms with Crippen LogP contribution in [-0.4, -0.2) is 9.55 Å². The van der Waals surface area contributed by atoms with Crippen LogP contribution in [0.1, 0.15) is 5.82 Å². The van der Waals surface area contributed by atoms with Crippen molar-refractivity contribution < 1.29 is 0 Å². The molecule has 0 aliphatic rings. The van der Waals surface area contributed by atoms with Crippen molar-refractivity contribution in [2.45, 2.75) is 6.92 Å². The molecule has 0 aliphatic heterocycles. The molecule has 0 saturated heterocycles. The van der Waals surface area contributed by atoms with E-state index in [0.717, 1.165) is 11.3 Å². The summed E-state index contributed by atoms with van der Waals surface area (Å²) < 4.78 is 2.14. The van der Waals surface area contributed by atoms with E-state index < -0.39 is 0 Å².